The van der Waals surface area contributed by atoms with E-state index in [1.807, 2.05) is 54.6 Å². The molecular formula is C51H37ClF6N4O8. The van der Waals surface area contributed by atoms with Crippen molar-refractivity contribution < 1.29 is 65.2 Å². The molecule has 358 valence electrons. The van der Waals surface area contributed by atoms with Gasteiger partial charge in [0.25, 0.3) is 11.8 Å². The fraction of sp³-hybridized carbons (Fsp3) is 0.176. The number of carbonyl (C=O) groups is 4. The van der Waals surface area contributed by atoms with E-state index in [2.05, 4.69) is 14.7 Å². The van der Waals surface area contributed by atoms with E-state index in [1.165, 1.54) is 34.1 Å². The van der Waals surface area contributed by atoms with E-state index in [0.29, 0.717) is 11.1 Å². The second-order valence-electron chi connectivity index (χ2n) is 16.5. The summed E-state index contributed by atoms with van der Waals surface area (Å²) in [5.74, 6) is -5.52. The number of amides is 2. The first-order chi connectivity index (χ1) is 33.3. The van der Waals surface area contributed by atoms with Crippen LogP contribution in [0.4, 0.5) is 37.7 Å². The Hall–Kier alpha value is -7.99. The highest BCUT2D eigenvalue weighted by molar-refractivity contribution is 6.20. The van der Waals surface area contributed by atoms with Crippen molar-refractivity contribution in [2.45, 2.75) is 24.7 Å². The van der Waals surface area contributed by atoms with Gasteiger partial charge >= 0.3 is 24.3 Å². The van der Waals surface area contributed by atoms with Crippen LogP contribution >= 0.6 is 11.6 Å². The number of fused-ring (bicyclic) bond motifs is 6. The Bertz CT molecular complexity index is 3370. The Balaban J connectivity index is 0.910. The maximum absolute atomic E-state index is 14.1. The van der Waals surface area contributed by atoms with Gasteiger partial charge in [0.2, 0.25) is 0 Å². The van der Waals surface area contributed by atoms with E-state index in [4.69, 9.17) is 16.3 Å². The van der Waals surface area contributed by atoms with E-state index in [1.54, 1.807) is 30.4 Å². The number of H-pyrrole nitrogens is 2. The van der Waals surface area contributed by atoms with Crippen molar-refractivity contribution in [2.75, 3.05) is 43.0 Å². The van der Waals surface area contributed by atoms with Crippen LogP contribution in [0.25, 0.3) is 56.2 Å². The molecule has 7 aromatic rings. The molecule has 70 heavy (non-hydrogen) atoms. The molecule has 0 radical (unpaired) electrons. The van der Waals surface area contributed by atoms with Crippen LogP contribution in [0.2, 0.25) is 0 Å². The van der Waals surface area contributed by atoms with Crippen LogP contribution in [-0.4, -0.2) is 77.1 Å². The van der Waals surface area contributed by atoms with Crippen LogP contribution in [0, 0.1) is 0 Å². The highest BCUT2D eigenvalue weighted by atomic mass is 35.5. The van der Waals surface area contributed by atoms with Crippen molar-refractivity contribution in [3.05, 3.63) is 142 Å². The van der Waals surface area contributed by atoms with Crippen LogP contribution < -0.4 is 9.80 Å². The first kappa shape index (κ1) is 47.1. The number of anilines is 2. The number of nitrogens with one attached hydrogen (secondary N) is 2. The monoisotopic (exact) mass is 982 g/mol. The molecule has 4 heterocycles. The third-order valence-corrected chi connectivity index (χ3v) is 12.8. The predicted octanol–water partition coefficient (Wildman–Crippen LogP) is 11.0. The number of rotatable bonds is 9. The van der Waals surface area contributed by atoms with Gasteiger partial charge in [0.05, 0.1) is 47.8 Å². The molecule has 0 saturated carbocycles. The molecule has 0 fully saturated rings. The van der Waals surface area contributed by atoms with Gasteiger partial charge in [-0.1, -0.05) is 60.7 Å². The van der Waals surface area contributed by atoms with Crippen LogP contribution in [0.5, 0.6) is 11.5 Å². The maximum Gasteiger partial charge on any atom is 0.432 e. The lowest BCUT2D eigenvalue weighted by atomic mass is 9.95. The summed E-state index contributed by atoms with van der Waals surface area (Å²) in [5.41, 5.74) is 0.461. The maximum atomic E-state index is 14.1. The third kappa shape index (κ3) is 8.26. The lowest BCUT2D eigenvalue weighted by Gasteiger charge is -2.16. The molecule has 0 unspecified atom stereocenters. The molecular weight excluding hydrogens is 946 g/mol. The number of ether oxygens (including phenoxy) is 2. The Morgan fingerprint density at radius 1 is 0.671 bits per heavy atom. The molecule has 4 N–H and O–H groups in total. The van der Waals surface area contributed by atoms with Crippen LogP contribution in [0.15, 0.2) is 97.1 Å². The number of phenols is 2. The van der Waals surface area contributed by atoms with Gasteiger partial charge in [-0.3, -0.25) is 9.59 Å². The SMILES string of the molecule is COC(=O)c1c(C(F)(F)F)[nH]c2c(O)cc3c(c12)CCN3C(=O)/C=C/c1cccc(-c2ccc(-c3cccc(/C=C/C(=O)N4C[C@@H](CCl)c5c4cc(O)c4[nH]c(C(F)(F)F)c(C(=O)OC)c54)c3)cc2)c1. The van der Waals surface area contributed by atoms with Gasteiger partial charge in [0.1, 0.15) is 22.9 Å². The van der Waals surface area contributed by atoms with Crippen molar-refractivity contribution in [3.63, 3.8) is 0 Å². The van der Waals surface area contributed by atoms with Gasteiger partial charge in [-0.15, -0.1) is 11.6 Å². The molecule has 2 amide bonds. The van der Waals surface area contributed by atoms with E-state index >= 15 is 0 Å². The summed E-state index contributed by atoms with van der Waals surface area (Å²) in [6.45, 7) is 0.0541. The molecule has 9 rings (SSSR count). The molecule has 0 bridgehead atoms. The molecule has 2 aliphatic rings. The highest BCUT2D eigenvalue weighted by Gasteiger charge is 2.44. The molecule has 2 aliphatic heterocycles. The topological polar surface area (TPSA) is 165 Å². The Kier molecular flexibility index (Phi) is 12.0. The van der Waals surface area contributed by atoms with E-state index < -0.39 is 76.0 Å². The number of aromatic amines is 2. The molecule has 0 spiro atoms. The Labute approximate surface area is 398 Å². The first-order valence-electron chi connectivity index (χ1n) is 21.3. The summed E-state index contributed by atoms with van der Waals surface area (Å²) in [6, 6.07) is 24.7. The summed E-state index contributed by atoms with van der Waals surface area (Å²) < 4.78 is 93.4. The van der Waals surface area contributed by atoms with E-state index in [0.717, 1.165) is 36.5 Å². The second kappa shape index (κ2) is 17.8. The predicted molar refractivity (Wildman–Crippen MR) is 250 cm³/mol. The largest absolute Gasteiger partial charge is 0.506 e. The number of hydrogen-bond acceptors (Lipinski definition) is 8. The second-order valence-corrected chi connectivity index (χ2v) is 16.8. The Morgan fingerprint density at radius 2 is 1.14 bits per heavy atom. The number of alkyl halides is 7. The fourth-order valence-corrected chi connectivity index (χ4v) is 9.53. The van der Waals surface area contributed by atoms with Crippen molar-refractivity contribution >= 4 is 80.7 Å². The number of aromatic hydroxyl groups is 2. The van der Waals surface area contributed by atoms with E-state index in [9.17, 15) is 55.7 Å². The van der Waals surface area contributed by atoms with Gasteiger partial charge in [-0.25, -0.2) is 9.59 Å². The molecule has 12 nitrogen and oxygen atoms in total. The van der Waals surface area contributed by atoms with Crippen molar-refractivity contribution in [2.24, 2.45) is 0 Å². The number of carbonyl (C=O) groups excluding carboxylic acids is 4. The minimum atomic E-state index is -5.00. The molecule has 0 saturated heterocycles. The number of aromatic nitrogens is 2. The molecule has 1 atom stereocenters. The summed E-state index contributed by atoms with van der Waals surface area (Å²) in [6.07, 6.45) is -4.04. The van der Waals surface area contributed by atoms with Crippen LogP contribution in [0.1, 0.15) is 60.3 Å². The number of benzene rings is 5. The van der Waals surface area contributed by atoms with Crippen molar-refractivity contribution in [3.8, 4) is 33.8 Å². The smallest absolute Gasteiger partial charge is 0.432 e. The minimum absolute atomic E-state index is 0.0314. The average Bonchev–Trinajstić information content (AvgIpc) is 4.14. The van der Waals surface area contributed by atoms with Crippen molar-refractivity contribution in [1.82, 2.24) is 9.97 Å². The number of nitrogens with zero attached hydrogens (tertiary/aromatic N) is 2. The van der Waals surface area contributed by atoms with Crippen LogP contribution in [0.3, 0.4) is 0 Å². The van der Waals surface area contributed by atoms with Gasteiger partial charge in [-0.05, 0) is 75.2 Å². The number of hydrogen-bond donors (Lipinski definition) is 4. The number of phenolic OH excluding ortho intramolecular Hbond substituents is 2. The molecule has 5 aromatic carbocycles. The summed E-state index contributed by atoms with van der Waals surface area (Å²) in [7, 11) is 1.89. The lowest BCUT2D eigenvalue weighted by Crippen LogP contribution is -2.28. The lowest BCUT2D eigenvalue weighted by molar-refractivity contribution is -0.141. The molecule has 19 heteroatoms. The minimum Gasteiger partial charge on any atom is -0.506 e. The number of halogens is 7. The first-order valence-corrected chi connectivity index (χ1v) is 21.8. The zero-order chi connectivity index (χ0) is 50.0. The van der Waals surface area contributed by atoms with Gasteiger partial charge in [0.15, 0.2) is 0 Å². The molecule has 2 aromatic heterocycles. The van der Waals surface area contributed by atoms with Crippen LogP contribution in [-0.2, 0) is 37.8 Å². The highest BCUT2D eigenvalue weighted by Crippen LogP contribution is 2.50. The zero-order valence-corrected chi connectivity index (χ0v) is 37.4. The summed E-state index contributed by atoms with van der Waals surface area (Å²) >= 11 is 6.28. The van der Waals surface area contributed by atoms with E-state index in [-0.39, 0.29) is 69.7 Å². The normalized spacial score (nSPS) is 14.8. The zero-order valence-electron chi connectivity index (χ0n) is 36.7. The average molecular weight is 983 g/mol. The van der Waals surface area contributed by atoms with Gasteiger partial charge in [0, 0.05) is 59.9 Å². The Morgan fingerprint density at radius 3 is 1.63 bits per heavy atom. The molecule has 0 aliphatic carbocycles. The van der Waals surface area contributed by atoms with Gasteiger partial charge < -0.3 is 39.5 Å². The summed E-state index contributed by atoms with van der Waals surface area (Å²) in [5, 5.41) is 21.2. The van der Waals surface area contributed by atoms with Gasteiger partial charge in [-0.2, -0.15) is 26.3 Å². The summed E-state index contributed by atoms with van der Waals surface area (Å²) in [4.78, 5) is 59.5. The number of esters is 2. The number of methoxy groups -OCH3 is 2. The van der Waals surface area contributed by atoms with Crippen molar-refractivity contribution in [1.29, 1.82) is 0 Å². The quantitative estimate of drug-likeness (QED) is 0.0480. The third-order valence-electron chi connectivity index (χ3n) is 12.4. The fourth-order valence-electron chi connectivity index (χ4n) is 9.28. The standard InChI is InChI=1S/C51H37ClF6N4O8/c1-69-48(67)42-40-32-17-18-61(33(32)21-35(63)44(40)59-46(42)50(53,54)55)37(65)15-9-25-5-3-7-29(19-25)27-11-13-28(14-12-27)30-8-4-6-26(20-30)10-16-38(66)62-24-31(23-52)39-34(62)22-36(64)45-41(39)43(49(68)70-2)47(60-45)51(56,57)58/h3-16,19-22,31,59-60,63-64H,17-18,23-24H2,1-2H3/b15-9+,16-10+/t31-/m1/s1.